The Bertz CT molecular complexity index is 401. The largest absolute Gasteiger partial charge is 0.480 e. The Hall–Kier alpha value is -1.36. The third-order valence-corrected chi connectivity index (χ3v) is 3.55. The van der Waals surface area contributed by atoms with Gasteiger partial charge in [0.25, 0.3) is 0 Å². The lowest BCUT2D eigenvalue weighted by molar-refractivity contribution is -0.138. The highest BCUT2D eigenvalue weighted by Gasteiger charge is 2.29. The number of fused-ring (bicyclic) bond motifs is 1. The zero-order valence-corrected chi connectivity index (χ0v) is 10.6. The zero-order chi connectivity index (χ0) is 12.6. The van der Waals surface area contributed by atoms with Crippen molar-refractivity contribution in [3.63, 3.8) is 0 Å². The second-order valence-electron chi connectivity index (χ2n) is 4.74. The average Bonchev–Trinajstić information content (AvgIpc) is 2.25. The number of aliphatic carboxylic acids is 1. The summed E-state index contributed by atoms with van der Waals surface area (Å²) in [6.45, 7) is 8.65. The predicted octanol–water partition coefficient (Wildman–Crippen LogP) is 0.783. The van der Waals surface area contributed by atoms with Crippen molar-refractivity contribution >= 4 is 11.8 Å². The fourth-order valence-electron chi connectivity index (χ4n) is 2.46. The maximum absolute atomic E-state index is 10.7. The second kappa shape index (κ2) is 4.49. The molecule has 2 rings (SSSR count). The van der Waals surface area contributed by atoms with Gasteiger partial charge in [0.05, 0.1) is 12.6 Å². The van der Waals surface area contributed by atoms with Crippen LogP contribution in [-0.2, 0) is 4.79 Å². The monoisotopic (exact) mass is 237 g/mol. The SMILES string of the molecule is CC1=N[C@@H](C)C(C)=C2CN(CC(=O)O)CCN12. The number of rotatable bonds is 2. The highest BCUT2D eigenvalue weighted by molar-refractivity contribution is 5.83. The Balaban J connectivity index is 2.17. The molecule has 0 unspecified atom stereocenters. The molecule has 0 aromatic rings. The van der Waals surface area contributed by atoms with E-state index in [1.54, 1.807) is 0 Å². The lowest BCUT2D eigenvalue weighted by atomic mass is 10.0. The Morgan fingerprint density at radius 1 is 1.47 bits per heavy atom. The van der Waals surface area contributed by atoms with E-state index in [-0.39, 0.29) is 12.6 Å². The Morgan fingerprint density at radius 3 is 2.82 bits per heavy atom. The molecule has 1 saturated heterocycles. The van der Waals surface area contributed by atoms with Crippen LogP contribution < -0.4 is 0 Å². The highest BCUT2D eigenvalue weighted by atomic mass is 16.4. The summed E-state index contributed by atoms with van der Waals surface area (Å²) in [5, 5.41) is 8.84. The number of carboxylic acids is 1. The Labute approximate surface area is 101 Å². The van der Waals surface area contributed by atoms with Crippen molar-refractivity contribution in [2.24, 2.45) is 4.99 Å². The van der Waals surface area contributed by atoms with E-state index in [1.807, 2.05) is 11.8 Å². The van der Waals surface area contributed by atoms with Gasteiger partial charge in [0.1, 0.15) is 5.84 Å². The van der Waals surface area contributed by atoms with E-state index in [4.69, 9.17) is 5.11 Å². The number of carbonyl (C=O) groups is 1. The summed E-state index contributed by atoms with van der Waals surface area (Å²) in [6.07, 6.45) is 0. The zero-order valence-electron chi connectivity index (χ0n) is 10.6. The van der Waals surface area contributed by atoms with Gasteiger partial charge in [0.15, 0.2) is 0 Å². The van der Waals surface area contributed by atoms with Gasteiger partial charge in [-0.2, -0.15) is 0 Å². The van der Waals surface area contributed by atoms with Gasteiger partial charge < -0.3 is 10.0 Å². The van der Waals surface area contributed by atoms with Crippen LogP contribution in [-0.4, -0.2) is 58.9 Å². The molecule has 0 spiro atoms. The first-order chi connectivity index (χ1) is 7.99. The van der Waals surface area contributed by atoms with E-state index in [9.17, 15) is 4.79 Å². The van der Waals surface area contributed by atoms with Crippen LogP contribution in [0.25, 0.3) is 0 Å². The molecule has 5 nitrogen and oxygen atoms in total. The maximum Gasteiger partial charge on any atom is 0.317 e. The third kappa shape index (κ3) is 2.34. The van der Waals surface area contributed by atoms with Crippen LogP contribution in [0.3, 0.4) is 0 Å². The molecule has 1 N–H and O–H groups in total. The molecule has 0 aromatic heterocycles. The van der Waals surface area contributed by atoms with Crippen molar-refractivity contribution in [3.8, 4) is 0 Å². The standard InChI is InChI=1S/C12H19N3O2/c1-8-9(2)13-10(3)15-5-4-14(6-11(8)15)7-12(16)17/h9H,4-7H2,1-3H3,(H,16,17)/t9-/m0/s1. The molecule has 2 aliphatic heterocycles. The van der Waals surface area contributed by atoms with E-state index in [2.05, 4.69) is 23.7 Å². The van der Waals surface area contributed by atoms with Crippen LogP contribution in [0, 0.1) is 0 Å². The van der Waals surface area contributed by atoms with Crippen LogP contribution in [0.15, 0.2) is 16.3 Å². The Kier molecular flexibility index (Phi) is 3.19. The van der Waals surface area contributed by atoms with E-state index in [1.165, 1.54) is 11.3 Å². The minimum atomic E-state index is -0.758. The molecule has 1 atom stereocenters. The van der Waals surface area contributed by atoms with E-state index in [0.717, 1.165) is 25.5 Å². The van der Waals surface area contributed by atoms with Gasteiger partial charge in [-0.1, -0.05) is 0 Å². The van der Waals surface area contributed by atoms with Crippen LogP contribution in [0.4, 0.5) is 0 Å². The number of nitrogens with zero attached hydrogens (tertiary/aromatic N) is 3. The van der Waals surface area contributed by atoms with E-state index >= 15 is 0 Å². The molecule has 0 bridgehead atoms. The first kappa shape index (κ1) is 12.1. The first-order valence-corrected chi connectivity index (χ1v) is 5.94. The molecule has 0 saturated carbocycles. The van der Waals surface area contributed by atoms with Gasteiger partial charge in [0, 0.05) is 25.3 Å². The van der Waals surface area contributed by atoms with Crippen molar-refractivity contribution < 1.29 is 9.90 Å². The lowest BCUT2D eigenvalue weighted by Crippen LogP contribution is -2.50. The van der Waals surface area contributed by atoms with Gasteiger partial charge in [-0.3, -0.25) is 14.7 Å². The summed E-state index contributed by atoms with van der Waals surface area (Å²) in [6, 6.07) is 0.214. The molecule has 0 radical (unpaired) electrons. The van der Waals surface area contributed by atoms with Crippen molar-refractivity contribution in [1.29, 1.82) is 0 Å². The molecule has 94 valence electrons. The minimum Gasteiger partial charge on any atom is -0.480 e. The van der Waals surface area contributed by atoms with Crippen LogP contribution in [0.5, 0.6) is 0 Å². The van der Waals surface area contributed by atoms with Crippen LogP contribution in [0.2, 0.25) is 0 Å². The number of amidine groups is 1. The summed E-state index contributed by atoms with van der Waals surface area (Å²) < 4.78 is 0. The van der Waals surface area contributed by atoms with Gasteiger partial charge >= 0.3 is 5.97 Å². The van der Waals surface area contributed by atoms with Crippen molar-refractivity contribution in [1.82, 2.24) is 9.80 Å². The van der Waals surface area contributed by atoms with E-state index < -0.39 is 5.97 Å². The van der Waals surface area contributed by atoms with Gasteiger partial charge in [-0.25, -0.2) is 0 Å². The molecule has 5 heteroatoms. The maximum atomic E-state index is 10.7. The summed E-state index contributed by atoms with van der Waals surface area (Å²) in [5.41, 5.74) is 2.49. The van der Waals surface area contributed by atoms with Crippen molar-refractivity contribution in [2.45, 2.75) is 26.8 Å². The molecule has 2 aliphatic rings. The quantitative estimate of drug-likeness (QED) is 0.771. The molecule has 17 heavy (non-hydrogen) atoms. The Morgan fingerprint density at radius 2 is 2.18 bits per heavy atom. The minimum absolute atomic E-state index is 0.120. The molecule has 2 heterocycles. The number of hydrogen-bond acceptors (Lipinski definition) is 4. The summed E-state index contributed by atoms with van der Waals surface area (Å²) in [4.78, 5) is 19.5. The van der Waals surface area contributed by atoms with E-state index in [0.29, 0.717) is 0 Å². The first-order valence-electron chi connectivity index (χ1n) is 5.94. The topological polar surface area (TPSA) is 56.1 Å². The fourth-order valence-corrected chi connectivity index (χ4v) is 2.46. The smallest absolute Gasteiger partial charge is 0.317 e. The molecule has 1 fully saturated rings. The molecular weight excluding hydrogens is 218 g/mol. The van der Waals surface area contributed by atoms with Crippen LogP contribution in [0.1, 0.15) is 20.8 Å². The molecule has 0 amide bonds. The average molecular weight is 237 g/mol. The molecule has 0 aliphatic carbocycles. The fraction of sp³-hybridized carbons (Fsp3) is 0.667. The second-order valence-corrected chi connectivity index (χ2v) is 4.74. The number of aliphatic imine (C=N–C) groups is 1. The van der Waals surface area contributed by atoms with Gasteiger partial charge in [-0.15, -0.1) is 0 Å². The highest BCUT2D eigenvalue weighted by Crippen LogP contribution is 2.25. The molecule has 0 aromatic carbocycles. The van der Waals surface area contributed by atoms with Crippen LogP contribution >= 0.6 is 0 Å². The lowest BCUT2D eigenvalue weighted by Gasteiger charge is -2.41. The summed E-state index contributed by atoms with van der Waals surface area (Å²) in [5.74, 6) is 0.291. The molecular formula is C12H19N3O2. The number of piperazine rings is 1. The predicted molar refractivity (Wildman–Crippen MR) is 66.1 cm³/mol. The van der Waals surface area contributed by atoms with Crippen molar-refractivity contribution in [2.75, 3.05) is 26.2 Å². The summed E-state index contributed by atoms with van der Waals surface area (Å²) >= 11 is 0. The van der Waals surface area contributed by atoms with Gasteiger partial charge in [-0.05, 0) is 26.3 Å². The third-order valence-electron chi connectivity index (χ3n) is 3.55. The number of hydrogen-bond donors (Lipinski definition) is 1. The normalized spacial score (nSPS) is 25.7. The number of carboxylic acid groups (broad SMARTS) is 1. The van der Waals surface area contributed by atoms with Crippen molar-refractivity contribution in [3.05, 3.63) is 11.3 Å². The van der Waals surface area contributed by atoms with Gasteiger partial charge in [0.2, 0.25) is 0 Å². The summed E-state index contributed by atoms with van der Waals surface area (Å²) in [7, 11) is 0.